The van der Waals surface area contributed by atoms with Crippen LogP contribution in [0.4, 0.5) is 0 Å². The van der Waals surface area contributed by atoms with Gasteiger partial charge in [0.05, 0.1) is 0 Å². The molecule has 0 bridgehead atoms. The van der Waals surface area contributed by atoms with Crippen molar-refractivity contribution in [3.63, 3.8) is 0 Å². The Kier molecular flexibility index (Phi) is 12.0. The molecule has 0 aliphatic heterocycles. The third-order valence-corrected chi connectivity index (χ3v) is 1.71. The maximum Gasteiger partial charge on any atom is -0.0312 e. The number of ether oxygens (including phenoxy) is 1. The Bertz CT molecular complexity index is 139. The summed E-state index contributed by atoms with van der Waals surface area (Å²) in [6.45, 7) is 6.06. The number of hydrogen-bond donors (Lipinski definition) is 0. The summed E-state index contributed by atoms with van der Waals surface area (Å²) in [5.74, 6) is 0. The van der Waals surface area contributed by atoms with E-state index in [1.165, 1.54) is 0 Å². The van der Waals surface area contributed by atoms with Crippen molar-refractivity contribution in [3.05, 3.63) is 64.2 Å². The molecule has 0 aromatic carbocycles. The summed E-state index contributed by atoms with van der Waals surface area (Å²) in [5.41, 5.74) is -0.00521. The summed E-state index contributed by atoms with van der Waals surface area (Å²) in [4.78, 5) is 0. The van der Waals surface area contributed by atoms with E-state index >= 15 is 0 Å². The van der Waals surface area contributed by atoms with Crippen molar-refractivity contribution >= 4 is 4.50 Å². The minimum atomic E-state index is -0.00521. The zero-order valence-electron chi connectivity index (χ0n) is 10.8. The maximum atomic E-state index is 5.10. The fourth-order valence-corrected chi connectivity index (χ4v) is 1.37. The first-order valence-electron chi connectivity index (χ1n) is 5.56. The predicted molar refractivity (Wildman–Crippen MR) is 69.9 cm³/mol. The summed E-state index contributed by atoms with van der Waals surface area (Å²) >= 11 is 1.88. The van der Waals surface area contributed by atoms with E-state index in [0.717, 1.165) is 0 Å². The van der Waals surface area contributed by atoms with Gasteiger partial charge in [-0.15, -0.1) is 0 Å². The topological polar surface area (TPSA) is 9.23 Å². The molecule has 90 valence electrons. The van der Waals surface area contributed by atoms with Crippen LogP contribution in [0, 0.1) is 64.2 Å². The Labute approximate surface area is 120 Å². The Balaban J connectivity index is 0.000000229. The van der Waals surface area contributed by atoms with E-state index in [1.54, 1.807) is 4.50 Å². The van der Waals surface area contributed by atoms with Crippen LogP contribution in [-0.4, -0.2) is 10.1 Å². The number of hydrogen-bond acceptors (Lipinski definition) is 1. The molecule has 0 unspecified atom stereocenters. The molecule has 2 aliphatic rings. The van der Waals surface area contributed by atoms with E-state index in [4.69, 9.17) is 4.74 Å². The Morgan fingerprint density at radius 3 is 1.00 bits per heavy atom. The second-order valence-electron chi connectivity index (χ2n) is 4.27. The van der Waals surface area contributed by atoms with Crippen LogP contribution in [0.1, 0.15) is 20.8 Å². The third kappa shape index (κ3) is 16.5. The van der Waals surface area contributed by atoms with Gasteiger partial charge in [-0.1, -0.05) is 0 Å². The summed E-state index contributed by atoms with van der Waals surface area (Å²) < 4.78 is 6.81. The molecule has 0 saturated heterocycles. The summed E-state index contributed by atoms with van der Waals surface area (Å²) in [6, 6.07) is 0. The van der Waals surface area contributed by atoms with E-state index in [-0.39, 0.29) is 5.60 Å². The van der Waals surface area contributed by atoms with E-state index in [9.17, 15) is 0 Å². The van der Waals surface area contributed by atoms with Gasteiger partial charge >= 0.3 is 55.6 Å². The molecule has 0 aromatic heterocycles. The molecule has 1 nitrogen and oxygen atoms in total. The molecule has 0 amide bonds. The molecule has 0 atom stereocenters. The molecule has 10 radical (unpaired) electrons. The Morgan fingerprint density at radius 1 is 0.706 bits per heavy atom. The van der Waals surface area contributed by atoms with Crippen molar-refractivity contribution in [1.29, 1.82) is 0 Å². The monoisotopic (exact) mass is 264 g/mol. The van der Waals surface area contributed by atoms with Crippen molar-refractivity contribution < 1.29 is 24.7 Å². The van der Waals surface area contributed by atoms with Crippen molar-refractivity contribution in [3.8, 4) is 0 Å². The van der Waals surface area contributed by atoms with Gasteiger partial charge in [-0.2, -0.15) is 0 Å². The van der Waals surface area contributed by atoms with Gasteiger partial charge in [0.1, 0.15) is 0 Å². The van der Waals surface area contributed by atoms with Crippen LogP contribution in [0.2, 0.25) is 0 Å². The van der Waals surface area contributed by atoms with E-state index in [2.05, 4.69) is 0 Å². The molecule has 17 heavy (non-hydrogen) atoms. The maximum absolute atomic E-state index is 5.10. The van der Waals surface area contributed by atoms with Crippen molar-refractivity contribution in [2.24, 2.45) is 0 Å². The first-order chi connectivity index (χ1) is 8.06. The fourth-order valence-electron chi connectivity index (χ4n) is 0.818. The Morgan fingerprint density at radius 2 is 0.941 bits per heavy atom. The minimum Gasteiger partial charge on any atom is -0.0312 e. The van der Waals surface area contributed by atoms with E-state index < -0.39 is 0 Å². The van der Waals surface area contributed by atoms with Gasteiger partial charge in [-0.25, -0.2) is 0 Å². The van der Waals surface area contributed by atoms with Crippen LogP contribution >= 0.6 is 0 Å². The van der Waals surface area contributed by atoms with Gasteiger partial charge in [0.15, 0.2) is 0 Å². The molecule has 2 aliphatic carbocycles. The summed E-state index contributed by atoms with van der Waals surface area (Å²) in [5, 5.41) is 0. The smallest absolute Gasteiger partial charge is 0.0312 e. The molecular weight excluding hydrogens is 244 g/mol. The molecule has 2 heteroatoms. The van der Waals surface area contributed by atoms with Gasteiger partial charge in [-0.3, -0.25) is 0 Å². The minimum absolute atomic E-state index is 0.00521. The molecule has 0 heterocycles. The summed E-state index contributed by atoms with van der Waals surface area (Å²) in [7, 11) is 0. The quantitative estimate of drug-likeness (QED) is 0.661. The zero-order chi connectivity index (χ0) is 13.0. The Hall–Kier alpha value is 0.544. The van der Waals surface area contributed by atoms with Crippen LogP contribution in [0.3, 0.4) is 0 Å². The second-order valence-corrected chi connectivity index (χ2v) is 4.64. The number of rotatable bonds is 1. The van der Waals surface area contributed by atoms with Gasteiger partial charge in [0, 0.05) is 0 Å². The van der Waals surface area contributed by atoms with E-state index in [0.29, 0.717) is 0 Å². The normalized spacial score (nSPS) is 18.7. The van der Waals surface area contributed by atoms with Crippen molar-refractivity contribution in [2.45, 2.75) is 26.4 Å². The average molecular weight is 264 g/mol. The fraction of sp³-hybridized carbons (Fsp3) is 0.267. The molecule has 0 aromatic rings. The largest absolute Gasteiger partial charge is 0.0312 e. The van der Waals surface area contributed by atoms with Gasteiger partial charge in [-0.05, 0) is 64.2 Å². The SMILES string of the molecule is CC(C)(C)O[CH]=[Ti].[CH]1[CH][CH][CH][CH]1.[CH]1[CH][CH][CH][CH]1. The third-order valence-electron chi connectivity index (χ3n) is 1.52. The van der Waals surface area contributed by atoms with Crippen LogP contribution in [-0.2, 0) is 24.7 Å². The van der Waals surface area contributed by atoms with Gasteiger partial charge in [0.25, 0.3) is 0 Å². The van der Waals surface area contributed by atoms with Gasteiger partial charge in [0.2, 0.25) is 0 Å². The zero-order valence-corrected chi connectivity index (χ0v) is 12.3. The van der Waals surface area contributed by atoms with E-state index in [1.807, 2.05) is 105 Å². The van der Waals surface area contributed by atoms with Crippen LogP contribution in [0.25, 0.3) is 0 Å². The molecule has 0 N–H and O–H groups in total. The van der Waals surface area contributed by atoms with Gasteiger partial charge < -0.3 is 0 Å². The standard InChI is InChI=1S/C5H10O.2C5H5.Ti/c1-5(2,3)6-4;2*1-2-4-5-3-1;/h4H,1-3H3;2*1-5H;. The molecule has 2 fully saturated rings. The van der Waals surface area contributed by atoms with Crippen LogP contribution in [0.15, 0.2) is 0 Å². The van der Waals surface area contributed by atoms with Crippen molar-refractivity contribution in [2.75, 3.05) is 0 Å². The van der Waals surface area contributed by atoms with Crippen LogP contribution < -0.4 is 0 Å². The van der Waals surface area contributed by atoms with Crippen molar-refractivity contribution in [1.82, 2.24) is 0 Å². The molecule has 2 saturated carbocycles. The molecule has 2 rings (SSSR count). The summed E-state index contributed by atoms with van der Waals surface area (Å²) in [6.07, 6.45) is 20.0. The second kappa shape index (κ2) is 11.6. The van der Waals surface area contributed by atoms with Crippen LogP contribution in [0.5, 0.6) is 0 Å². The first kappa shape index (κ1) is 17.5. The molecular formula is C15H20OTi. The predicted octanol–water partition coefficient (Wildman–Crippen LogP) is 3.15. The average Bonchev–Trinajstić information content (AvgIpc) is 2.96. The first-order valence-corrected chi connectivity index (χ1v) is 6.46. The molecule has 0 spiro atoms.